The number of β-amino-alcohol motifs (C(OH)–C–C–N with tert-alkyl or cyclic N) is 1. The molecule has 0 saturated carbocycles. The summed E-state index contributed by atoms with van der Waals surface area (Å²) in [4.78, 5) is -0.323. The highest BCUT2D eigenvalue weighted by Gasteiger charge is 2.37. The number of methoxy groups -OCH3 is 1. The summed E-state index contributed by atoms with van der Waals surface area (Å²) < 4.78 is 111. The molecule has 0 aliphatic carbocycles. The van der Waals surface area contributed by atoms with Gasteiger partial charge in [0.1, 0.15) is 23.5 Å². The van der Waals surface area contributed by atoms with Crippen molar-refractivity contribution in [2.45, 2.75) is 23.5 Å². The van der Waals surface area contributed by atoms with E-state index in [0.717, 1.165) is 45.0 Å². The Kier molecular flexibility index (Phi) is 7.91. The van der Waals surface area contributed by atoms with Crippen LogP contribution in [0.1, 0.15) is 6.42 Å². The number of sulfonamides is 1. The van der Waals surface area contributed by atoms with Gasteiger partial charge in [-0.3, -0.25) is 4.31 Å². The highest BCUT2D eigenvalue weighted by Crippen LogP contribution is 2.41. The minimum Gasteiger partial charge on any atom is -0.494 e. The molecule has 0 amide bonds. The Labute approximate surface area is 235 Å². The van der Waals surface area contributed by atoms with Crippen molar-refractivity contribution in [1.82, 2.24) is 9.03 Å². The van der Waals surface area contributed by atoms with Gasteiger partial charge >= 0.3 is 0 Å². The van der Waals surface area contributed by atoms with Crippen LogP contribution in [0.4, 0.5) is 18.9 Å². The number of hydrogen-bond acceptors (Lipinski definition) is 7. The van der Waals surface area contributed by atoms with Crippen LogP contribution < -0.4 is 18.5 Å². The molecule has 1 fully saturated rings. The number of hydrogen-bond donors (Lipinski definition) is 2. The van der Waals surface area contributed by atoms with Crippen LogP contribution in [-0.4, -0.2) is 71.7 Å². The van der Waals surface area contributed by atoms with Crippen LogP contribution in [0.3, 0.4) is 0 Å². The fourth-order valence-electron chi connectivity index (χ4n) is 4.68. The second-order valence-corrected chi connectivity index (χ2v) is 13.2. The smallest absolute Gasteiger partial charge is 0.279 e. The second kappa shape index (κ2) is 11.1. The number of fused-ring (bicyclic) bond motifs is 1. The molecule has 1 saturated heterocycles. The zero-order valence-corrected chi connectivity index (χ0v) is 23.3. The average Bonchev–Trinajstić information content (AvgIpc) is 3.40. The van der Waals surface area contributed by atoms with Crippen molar-refractivity contribution < 1.29 is 44.6 Å². The summed E-state index contributed by atoms with van der Waals surface area (Å²) >= 11 is 0. The third-order valence-corrected chi connectivity index (χ3v) is 10.1. The molecule has 0 aromatic heterocycles. The SMILES string of the molecule is COc1cc(S(=O)(=O)N2C[C@H](CNS(=O)(=O)N3CC[C@H](O)C3)Oc3ccc(-c4cc(F)ccc4F)cc32)ccc1F. The zero-order valence-electron chi connectivity index (χ0n) is 21.6. The first-order chi connectivity index (χ1) is 19.4. The number of anilines is 1. The van der Waals surface area contributed by atoms with Crippen LogP contribution in [0.25, 0.3) is 11.1 Å². The van der Waals surface area contributed by atoms with E-state index in [-0.39, 0.29) is 65.8 Å². The number of ether oxygens (including phenoxy) is 2. The summed E-state index contributed by atoms with van der Waals surface area (Å²) in [5.74, 6) is -2.49. The van der Waals surface area contributed by atoms with Crippen molar-refractivity contribution in [1.29, 1.82) is 0 Å². The molecule has 5 rings (SSSR count). The highest BCUT2D eigenvalue weighted by atomic mass is 32.2. The van der Waals surface area contributed by atoms with Gasteiger partial charge in [0, 0.05) is 24.7 Å². The first-order valence-corrected chi connectivity index (χ1v) is 15.3. The molecule has 2 heterocycles. The van der Waals surface area contributed by atoms with Gasteiger partial charge in [-0.25, -0.2) is 21.6 Å². The fourth-order valence-corrected chi connectivity index (χ4v) is 7.49. The van der Waals surface area contributed by atoms with E-state index in [2.05, 4.69) is 4.72 Å². The number of nitrogens with one attached hydrogen (secondary N) is 1. The molecule has 15 heteroatoms. The number of rotatable bonds is 8. The average molecular weight is 614 g/mol. The Morgan fingerprint density at radius 3 is 2.46 bits per heavy atom. The molecule has 2 aliphatic rings. The second-order valence-electron chi connectivity index (χ2n) is 9.53. The third kappa shape index (κ3) is 5.85. The van der Waals surface area contributed by atoms with Crippen molar-refractivity contribution in [3.05, 3.63) is 72.0 Å². The van der Waals surface area contributed by atoms with E-state index in [0.29, 0.717) is 0 Å². The lowest BCUT2D eigenvalue weighted by atomic mass is 10.0. The monoisotopic (exact) mass is 613 g/mol. The van der Waals surface area contributed by atoms with E-state index < -0.39 is 49.9 Å². The maximum absolute atomic E-state index is 14.6. The summed E-state index contributed by atoms with van der Waals surface area (Å²) in [6.45, 7) is -0.657. The zero-order chi connectivity index (χ0) is 29.5. The van der Waals surface area contributed by atoms with E-state index >= 15 is 0 Å². The normalized spacial score (nSPS) is 19.6. The Morgan fingerprint density at radius 1 is 1.00 bits per heavy atom. The fraction of sp³-hybridized carbons (Fsp3) is 0.308. The summed E-state index contributed by atoms with van der Waals surface area (Å²) in [5.41, 5.74) is 0.0282. The first kappa shape index (κ1) is 29.1. The van der Waals surface area contributed by atoms with Gasteiger partial charge in [-0.05, 0) is 54.4 Å². The molecule has 0 spiro atoms. The molecular formula is C26H26F3N3O7S2. The van der Waals surface area contributed by atoms with Crippen molar-refractivity contribution >= 4 is 25.9 Å². The molecule has 2 N–H and O–H groups in total. The molecule has 220 valence electrons. The van der Waals surface area contributed by atoms with Crippen molar-refractivity contribution in [3.63, 3.8) is 0 Å². The van der Waals surface area contributed by atoms with E-state index in [9.17, 15) is 35.1 Å². The number of aliphatic hydroxyl groups excluding tert-OH is 1. The van der Waals surface area contributed by atoms with Crippen LogP contribution >= 0.6 is 0 Å². The minimum atomic E-state index is -4.43. The first-order valence-electron chi connectivity index (χ1n) is 12.4. The van der Waals surface area contributed by atoms with Crippen LogP contribution in [-0.2, 0) is 20.2 Å². The molecule has 0 unspecified atom stereocenters. The Balaban J connectivity index is 1.52. The predicted molar refractivity (Wildman–Crippen MR) is 143 cm³/mol. The van der Waals surface area contributed by atoms with Crippen LogP contribution in [0.2, 0.25) is 0 Å². The van der Waals surface area contributed by atoms with Crippen molar-refractivity contribution in [2.24, 2.45) is 0 Å². The Morgan fingerprint density at radius 2 is 1.76 bits per heavy atom. The van der Waals surface area contributed by atoms with E-state index in [1.165, 1.54) is 25.3 Å². The number of aliphatic hydroxyl groups is 1. The van der Waals surface area contributed by atoms with Gasteiger partial charge in [-0.1, -0.05) is 6.07 Å². The summed E-state index contributed by atoms with van der Waals surface area (Å²) in [6.07, 6.45) is -1.51. The number of halogens is 3. The molecular weight excluding hydrogens is 587 g/mol. The van der Waals surface area contributed by atoms with E-state index in [1.807, 2.05) is 0 Å². The minimum absolute atomic E-state index is 0.0174. The molecule has 0 radical (unpaired) electrons. The third-order valence-electron chi connectivity index (χ3n) is 6.80. The van der Waals surface area contributed by atoms with E-state index in [4.69, 9.17) is 9.47 Å². The molecule has 10 nitrogen and oxygen atoms in total. The summed E-state index contributed by atoms with van der Waals surface area (Å²) in [6, 6.07) is 9.97. The number of benzene rings is 3. The largest absolute Gasteiger partial charge is 0.494 e. The molecule has 2 aliphatic heterocycles. The van der Waals surface area contributed by atoms with Crippen LogP contribution in [0.5, 0.6) is 11.5 Å². The van der Waals surface area contributed by atoms with Crippen molar-refractivity contribution in [3.8, 4) is 22.6 Å². The highest BCUT2D eigenvalue weighted by molar-refractivity contribution is 7.92. The lowest BCUT2D eigenvalue weighted by Crippen LogP contribution is -2.50. The Hall–Kier alpha value is -3.37. The molecule has 0 bridgehead atoms. The Bertz CT molecular complexity index is 1690. The molecule has 3 aromatic rings. The molecule has 2 atom stereocenters. The topological polar surface area (TPSA) is 125 Å². The maximum atomic E-state index is 14.6. The molecule has 3 aromatic carbocycles. The predicted octanol–water partition coefficient (Wildman–Crippen LogP) is 2.64. The standard InChI is InChI=1S/C26H26F3N3O7S2/c1-38-26-12-20(4-6-23(26)29)40(34,35)32-15-19(13-30-41(36,37)31-9-8-18(33)14-31)39-25-7-2-16(10-24(25)32)21-11-17(27)3-5-22(21)28/h2-7,10-12,18-19,30,33H,8-9,13-15H2,1H3/t18-,19-/m0/s1. The van der Waals surface area contributed by atoms with Gasteiger partial charge in [0.05, 0.1) is 36.9 Å². The summed E-state index contributed by atoms with van der Waals surface area (Å²) in [5, 5.41) is 9.70. The summed E-state index contributed by atoms with van der Waals surface area (Å²) in [7, 11) is -7.25. The van der Waals surface area contributed by atoms with Gasteiger partial charge in [0.15, 0.2) is 11.6 Å². The number of nitrogens with zero attached hydrogens (tertiary/aromatic N) is 2. The lowest BCUT2D eigenvalue weighted by Gasteiger charge is -2.36. The van der Waals surface area contributed by atoms with Gasteiger partial charge in [0.25, 0.3) is 20.2 Å². The van der Waals surface area contributed by atoms with Gasteiger partial charge in [-0.15, -0.1) is 0 Å². The quantitative estimate of drug-likeness (QED) is 0.400. The maximum Gasteiger partial charge on any atom is 0.279 e. The molecule has 41 heavy (non-hydrogen) atoms. The van der Waals surface area contributed by atoms with Gasteiger partial charge < -0.3 is 14.6 Å². The van der Waals surface area contributed by atoms with Gasteiger partial charge in [0.2, 0.25) is 0 Å². The van der Waals surface area contributed by atoms with E-state index in [1.54, 1.807) is 0 Å². The van der Waals surface area contributed by atoms with Crippen molar-refractivity contribution in [2.75, 3.05) is 37.6 Å². The van der Waals surface area contributed by atoms with Gasteiger partial charge in [-0.2, -0.15) is 17.4 Å². The van der Waals surface area contributed by atoms with Crippen LogP contribution in [0, 0.1) is 17.5 Å². The lowest BCUT2D eigenvalue weighted by molar-refractivity contribution is 0.188. The van der Waals surface area contributed by atoms with Crippen LogP contribution in [0.15, 0.2) is 59.5 Å².